The summed E-state index contributed by atoms with van der Waals surface area (Å²) in [6.07, 6.45) is 0. The van der Waals surface area contributed by atoms with Crippen molar-refractivity contribution in [3.63, 3.8) is 0 Å². The number of hydrogen-bond acceptors (Lipinski definition) is 4. The zero-order chi connectivity index (χ0) is 4.50. The fourth-order valence-corrected chi connectivity index (χ4v) is 0. The molecule has 40 valence electrons. The third-order valence-electron chi connectivity index (χ3n) is 0. The molecule has 0 heterocycles. The van der Waals surface area contributed by atoms with Crippen LogP contribution < -0.4 is 0 Å². The Balaban J connectivity index is -0.0000000133. The van der Waals surface area contributed by atoms with Crippen molar-refractivity contribution in [2.45, 2.75) is 0 Å². The van der Waals surface area contributed by atoms with E-state index in [0.29, 0.717) is 0 Å². The van der Waals surface area contributed by atoms with E-state index in [1.54, 1.807) is 0 Å². The molecule has 0 aliphatic rings. The summed E-state index contributed by atoms with van der Waals surface area (Å²) in [5, 5.41) is 0. The van der Waals surface area contributed by atoms with Gasteiger partial charge in [0.05, 0.1) is 0 Å². The molecule has 0 radical (unpaired) electrons. The van der Waals surface area contributed by atoms with Crippen LogP contribution in [0.25, 0.3) is 0 Å². The molecular weight excluding hydrogens is 223 g/mol. The Morgan fingerprint density at radius 1 is 1.00 bits per heavy atom. The summed E-state index contributed by atoms with van der Waals surface area (Å²) >= 11 is 0. The molecule has 4 N–H and O–H groups in total. The van der Waals surface area contributed by atoms with E-state index in [-0.39, 0.29) is 66.8 Å². The minimum Gasteiger partial charge on any atom is -1.00 e. The standard InChI is InChI=1S/Ca.H4O4Si.Zr.2H/c;1-5(2,3)4;;;/h;1-4H;;;/q+2;;;2*-1. The summed E-state index contributed by atoms with van der Waals surface area (Å²) in [5.74, 6) is 0. The van der Waals surface area contributed by atoms with Crippen LogP contribution in [-0.2, 0) is 26.2 Å². The molecule has 0 aliphatic carbocycles. The van der Waals surface area contributed by atoms with Gasteiger partial charge in [-0.15, -0.1) is 0 Å². The monoisotopic (exact) mass is 228 g/mol. The molecule has 0 rings (SSSR count). The van der Waals surface area contributed by atoms with Gasteiger partial charge in [-0.25, -0.2) is 0 Å². The minimum absolute atomic E-state index is 0. The van der Waals surface area contributed by atoms with Gasteiger partial charge in [0.1, 0.15) is 0 Å². The van der Waals surface area contributed by atoms with E-state index in [9.17, 15) is 0 Å². The smallest absolute Gasteiger partial charge is 1.00 e. The Morgan fingerprint density at radius 2 is 1.00 bits per heavy atom. The van der Waals surface area contributed by atoms with E-state index in [0.717, 1.165) is 0 Å². The Morgan fingerprint density at radius 3 is 1.00 bits per heavy atom. The van der Waals surface area contributed by atoms with Crippen LogP contribution in [0.4, 0.5) is 0 Å². The molecule has 0 aliphatic heterocycles. The fourth-order valence-electron chi connectivity index (χ4n) is 0. The predicted molar refractivity (Wildman–Crippen MR) is 22.6 cm³/mol. The molecule has 0 aromatic heterocycles. The van der Waals surface area contributed by atoms with Gasteiger partial charge in [-0.3, -0.25) is 0 Å². The van der Waals surface area contributed by atoms with Crippen LogP contribution in [0.1, 0.15) is 2.85 Å². The summed E-state index contributed by atoms with van der Waals surface area (Å²) in [7, 11) is -4.61. The summed E-state index contributed by atoms with van der Waals surface area (Å²) in [5.41, 5.74) is 0. The van der Waals surface area contributed by atoms with Crippen molar-refractivity contribution in [1.29, 1.82) is 0 Å². The molecule has 0 unspecified atom stereocenters. The molecule has 0 aromatic rings. The SMILES string of the molecule is O[Si](O)(O)O.[Ca+2].[H-].[H-].[Zr]. The van der Waals surface area contributed by atoms with Gasteiger partial charge in [0.2, 0.25) is 0 Å². The van der Waals surface area contributed by atoms with Crippen LogP contribution in [0.15, 0.2) is 0 Å². The van der Waals surface area contributed by atoms with Crippen molar-refractivity contribution in [2.75, 3.05) is 0 Å². The molecule has 7 heteroatoms. The Kier molecular flexibility index (Phi) is 14.5. The Labute approximate surface area is 93.8 Å². The number of rotatable bonds is 0. The third-order valence-corrected chi connectivity index (χ3v) is 0. The normalized spacial score (nSPS) is 8.57. The first-order chi connectivity index (χ1) is 2.00. The van der Waals surface area contributed by atoms with E-state index < -0.39 is 9.05 Å². The number of hydrogen-bond donors (Lipinski definition) is 4. The zero-order valence-electron chi connectivity index (χ0n) is 5.50. The van der Waals surface area contributed by atoms with E-state index in [1.165, 1.54) is 0 Å². The van der Waals surface area contributed by atoms with Crippen molar-refractivity contribution in [3.05, 3.63) is 0 Å². The van der Waals surface area contributed by atoms with Crippen LogP contribution in [0.3, 0.4) is 0 Å². The molecular formula is H6CaO4SiZr. The first kappa shape index (κ1) is 16.1. The van der Waals surface area contributed by atoms with Crippen LogP contribution in [-0.4, -0.2) is 66.0 Å². The second-order valence-corrected chi connectivity index (χ2v) is 1.80. The molecule has 0 saturated carbocycles. The van der Waals surface area contributed by atoms with Crippen LogP contribution in [0.5, 0.6) is 0 Å². The maximum atomic E-state index is 7.33. The zero-order valence-corrected chi connectivity index (χ0v) is 9.16. The summed E-state index contributed by atoms with van der Waals surface area (Å²) in [4.78, 5) is 29.3. The molecule has 4 nitrogen and oxygen atoms in total. The average molecular weight is 229 g/mol. The third kappa shape index (κ3) is 65.1. The van der Waals surface area contributed by atoms with Gasteiger partial charge in [-0.2, -0.15) is 0 Å². The van der Waals surface area contributed by atoms with E-state index >= 15 is 0 Å². The van der Waals surface area contributed by atoms with Crippen molar-refractivity contribution in [3.8, 4) is 0 Å². The van der Waals surface area contributed by atoms with Gasteiger partial charge in [0, 0.05) is 26.2 Å². The molecule has 0 saturated heterocycles. The minimum atomic E-state index is -4.61. The van der Waals surface area contributed by atoms with Crippen molar-refractivity contribution in [1.82, 2.24) is 0 Å². The van der Waals surface area contributed by atoms with Crippen LogP contribution >= 0.6 is 0 Å². The fraction of sp³-hybridized carbons (Fsp3) is 0. The summed E-state index contributed by atoms with van der Waals surface area (Å²) in [6, 6.07) is 0. The second kappa shape index (κ2) is 6.32. The molecule has 0 spiro atoms. The van der Waals surface area contributed by atoms with Crippen LogP contribution in [0, 0.1) is 0 Å². The Hall–Kier alpha value is 2.20. The maximum Gasteiger partial charge on any atom is 2.00 e. The van der Waals surface area contributed by atoms with Gasteiger partial charge in [-0.05, 0) is 0 Å². The van der Waals surface area contributed by atoms with E-state index in [4.69, 9.17) is 19.2 Å². The van der Waals surface area contributed by atoms with Crippen molar-refractivity contribution in [2.24, 2.45) is 0 Å². The molecule has 0 amide bonds. The predicted octanol–water partition coefficient (Wildman–Crippen LogP) is -2.77. The summed E-state index contributed by atoms with van der Waals surface area (Å²) < 4.78 is 0. The molecule has 0 bridgehead atoms. The molecule has 7 heavy (non-hydrogen) atoms. The van der Waals surface area contributed by atoms with Crippen LogP contribution in [0.2, 0.25) is 0 Å². The van der Waals surface area contributed by atoms with Gasteiger partial charge < -0.3 is 22.0 Å². The largest absolute Gasteiger partial charge is 2.00 e. The van der Waals surface area contributed by atoms with Gasteiger partial charge in [0.25, 0.3) is 0 Å². The quantitative estimate of drug-likeness (QED) is 0.339. The van der Waals surface area contributed by atoms with Gasteiger partial charge >= 0.3 is 46.8 Å². The first-order valence-corrected chi connectivity index (χ1v) is 2.68. The van der Waals surface area contributed by atoms with Gasteiger partial charge in [0.15, 0.2) is 0 Å². The second-order valence-electron chi connectivity index (χ2n) is 0.600. The molecule has 0 aromatic carbocycles. The average Bonchev–Trinajstić information content (AvgIpc) is 0.722. The molecule has 0 atom stereocenters. The topological polar surface area (TPSA) is 80.9 Å². The first-order valence-electron chi connectivity index (χ1n) is 0.894. The van der Waals surface area contributed by atoms with E-state index in [1.807, 2.05) is 0 Å². The maximum absolute atomic E-state index is 7.33. The van der Waals surface area contributed by atoms with Crippen molar-refractivity contribution < 1.29 is 48.2 Å². The van der Waals surface area contributed by atoms with Crippen molar-refractivity contribution >= 4 is 46.8 Å². The molecule has 0 fully saturated rings. The summed E-state index contributed by atoms with van der Waals surface area (Å²) in [6.45, 7) is 0. The van der Waals surface area contributed by atoms with E-state index in [2.05, 4.69) is 0 Å². The van der Waals surface area contributed by atoms with Gasteiger partial charge in [-0.1, -0.05) is 0 Å². The Bertz CT molecular complexity index is 34.0.